The third kappa shape index (κ3) is 25.7. The summed E-state index contributed by atoms with van der Waals surface area (Å²) in [6.45, 7) is 7.72. The van der Waals surface area contributed by atoms with Crippen LogP contribution in [0, 0.1) is 12.8 Å². The van der Waals surface area contributed by atoms with Crippen LogP contribution in [-0.4, -0.2) is 50.2 Å². The standard InChI is InChI=1S/C36H66NO8P/c1-4-6-8-10-12-13-15-17-23-34(22-16-14-11-9-7-5-2)30-42-31-35(43-27-19-18-24-36(38)39)32-45-46(40,41)44-28-26-37-25-20-21-33(3)29-37/h20-21,25,29,34-35H,4-19,22-24,26-28,30-32H2,1-3H3,(H-,38,39,40,41). The lowest BCUT2D eigenvalue weighted by atomic mass is 9.94. The van der Waals surface area contributed by atoms with Crippen LogP contribution in [0.25, 0.3) is 0 Å². The second kappa shape index (κ2) is 28.6. The van der Waals surface area contributed by atoms with Gasteiger partial charge in [0.05, 0.1) is 13.2 Å². The van der Waals surface area contributed by atoms with Gasteiger partial charge >= 0.3 is 5.97 Å². The number of carboxylic acids is 1. The highest BCUT2D eigenvalue weighted by molar-refractivity contribution is 7.45. The number of carboxylic acid groups (broad SMARTS) is 1. The Hall–Kier alpha value is -1.35. The fourth-order valence-electron chi connectivity index (χ4n) is 5.49. The van der Waals surface area contributed by atoms with E-state index in [-0.39, 0.29) is 26.2 Å². The van der Waals surface area contributed by atoms with Crippen molar-refractivity contribution in [2.24, 2.45) is 5.92 Å². The van der Waals surface area contributed by atoms with Gasteiger partial charge in [-0.25, -0.2) is 4.57 Å². The Morgan fingerprint density at radius 2 is 1.43 bits per heavy atom. The maximum absolute atomic E-state index is 12.5. The average Bonchev–Trinajstić information content (AvgIpc) is 3.01. The smallest absolute Gasteiger partial charge is 0.303 e. The third-order valence-corrected chi connectivity index (χ3v) is 9.22. The van der Waals surface area contributed by atoms with E-state index in [0.29, 0.717) is 38.5 Å². The van der Waals surface area contributed by atoms with E-state index in [9.17, 15) is 14.3 Å². The Balaban J connectivity index is 2.58. The number of phosphoric acid groups is 1. The molecule has 0 spiro atoms. The summed E-state index contributed by atoms with van der Waals surface area (Å²) in [6, 6.07) is 3.87. The highest BCUT2D eigenvalue weighted by Crippen LogP contribution is 2.38. The second-order valence-corrected chi connectivity index (χ2v) is 14.2. The Morgan fingerprint density at radius 1 is 0.826 bits per heavy atom. The fraction of sp³-hybridized carbons (Fsp3) is 0.833. The molecular weight excluding hydrogens is 605 g/mol. The molecule has 3 unspecified atom stereocenters. The van der Waals surface area contributed by atoms with E-state index in [0.717, 1.165) is 18.4 Å². The molecule has 1 N–H and O–H groups in total. The minimum Gasteiger partial charge on any atom is -0.756 e. The SMILES string of the molecule is CCCCCCCCCCC(CCCCCCCC)COCC(COP(=O)([O-])OCC[n+]1cccc(C)c1)OCCCCC(=O)O. The molecule has 0 saturated heterocycles. The van der Waals surface area contributed by atoms with Gasteiger partial charge in [-0.15, -0.1) is 0 Å². The van der Waals surface area contributed by atoms with Gasteiger partial charge < -0.3 is 28.5 Å². The van der Waals surface area contributed by atoms with E-state index in [1.165, 1.54) is 89.9 Å². The van der Waals surface area contributed by atoms with E-state index in [1.54, 1.807) is 0 Å². The van der Waals surface area contributed by atoms with E-state index in [2.05, 4.69) is 13.8 Å². The first-order chi connectivity index (χ1) is 22.3. The molecule has 46 heavy (non-hydrogen) atoms. The summed E-state index contributed by atoms with van der Waals surface area (Å²) in [5.41, 5.74) is 1.07. The number of phosphoric ester groups is 1. The minimum absolute atomic E-state index is 0.0367. The molecule has 10 heteroatoms. The number of carbonyl (C=O) groups is 1. The number of nitrogens with zero attached hydrogens (tertiary/aromatic N) is 1. The lowest BCUT2D eigenvalue weighted by Gasteiger charge is -2.26. The predicted octanol–water partition coefficient (Wildman–Crippen LogP) is 8.34. The number of hydrogen-bond acceptors (Lipinski definition) is 7. The van der Waals surface area contributed by atoms with Crippen molar-refractivity contribution < 1.29 is 42.4 Å². The molecule has 0 saturated carbocycles. The summed E-state index contributed by atoms with van der Waals surface area (Å²) in [5.74, 6) is -0.374. The number of aromatic nitrogens is 1. The summed E-state index contributed by atoms with van der Waals surface area (Å²) in [4.78, 5) is 23.3. The van der Waals surface area contributed by atoms with Crippen LogP contribution in [0.1, 0.15) is 141 Å². The van der Waals surface area contributed by atoms with Gasteiger partial charge in [-0.2, -0.15) is 0 Å². The number of aliphatic carboxylic acids is 1. The van der Waals surface area contributed by atoms with Gasteiger partial charge in [0.25, 0.3) is 7.82 Å². The van der Waals surface area contributed by atoms with Crippen LogP contribution in [0.5, 0.6) is 0 Å². The number of aryl methyl sites for hydroxylation is 1. The van der Waals surface area contributed by atoms with Crippen molar-refractivity contribution in [3.05, 3.63) is 30.1 Å². The molecule has 0 amide bonds. The molecule has 1 aromatic heterocycles. The molecule has 0 aliphatic heterocycles. The van der Waals surface area contributed by atoms with E-state index >= 15 is 0 Å². The molecule has 0 fully saturated rings. The van der Waals surface area contributed by atoms with Gasteiger partial charge in [-0.3, -0.25) is 9.36 Å². The summed E-state index contributed by atoms with van der Waals surface area (Å²) in [5, 5.41) is 8.91. The molecular formula is C36H66NO8P. The maximum Gasteiger partial charge on any atom is 0.303 e. The number of pyridine rings is 1. The van der Waals surface area contributed by atoms with E-state index < -0.39 is 19.9 Å². The molecule has 1 aromatic rings. The van der Waals surface area contributed by atoms with Gasteiger partial charge in [-0.05, 0) is 44.6 Å². The highest BCUT2D eigenvalue weighted by Gasteiger charge is 2.18. The monoisotopic (exact) mass is 671 g/mol. The zero-order valence-corrected chi connectivity index (χ0v) is 30.2. The molecule has 0 aliphatic rings. The van der Waals surface area contributed by atoms with Crippen molar-refractivity contribution in [2.45, 2.75) is 155 Å². The predicted molar refractivity (Wildman–Crippen MR) is 182 cm³/mol. The van der Waals surface area contributed by atoms with Crippen molar-refractivity contribution in [1.82, 2.24) is 0 Å². The molecule has 1 heterocycles. The van der Waals surface area contributed by atoms with Crippen molar-refractivity contribution in [1.29, 1.82) is 0 Å². The van der Waals surface area contributed by atoms with Crippen molar-refractivity contribution in [3.63, 3.8) is 0 Å². The Bertz CT molecular complexity index is 918. The van der Waals surface area contributed by atoms with E-state index in [4.69, 9.17) is 23.6 Å². The van der Waals surface area contributed by atoms with Crippen LogP contribution in [0.4, 0.5) is 0 Å². The van der Waals surface area contributed by atoms with Gasteiger partial charge in [0.1, 0.15) is 12.7 Å². The summed E-state index contributed by atoms with van der Waals surface area (Å²) in [7, 11) is -4.54. The van der Waals surface area contributed by atoms with Crippen LogP contribution in [0.3, 0.4) is 0 Å². The van der Waals surface area contributed by atoms with Crippen molar-refractivity contribution in [2.75, 3.05) is 33.0 Å². The van der Waals surface area contributed by atoms with Crippen LogP contribution in [0.2, 0.25) is 0 Å². The van der Waals surface area contributed by atoms with Crippen molar-refractivity contribution in [3.8, 4) is 0 Å². The molecule has 0 aliphatic carbocycles. The van der Waals surface area contributed by atoms with Crippen LogP contribution < -0.4 is 9.46 Å². The first kappa shape index (κ1) is 42.7. The molecule has 1 rings (SSSR count). The number of unbranched alkanes of at least 4 members (excludes halogenated alkanes) is 13. The molecule has 268 valence electrons. The zero-order valence-electron chi connectivity index (χ0n) is 29.3. The summed E-state index contributed by atoms with van der Waals surface area (Å²) in [6.07, 6.45) is 24.6. The quantitative estimate of drug-likeness (QED) is 0.0450. The maximum atomic E-state index is 12.5. The Kier molecular flexibility index (Phi) is 26.6. The lowest BCUT2D eigenvalue weighted by Crippen LogP contribution is -2.35. The van der Waals surface area contributed by atoms with Crippen LogP contribution in [-0.2, 0) is 34.4 Å². The highest BCUT2D eigenvalue weighted by atomic mass is 31.2. The first-order valence-corrected chi connectivity index (χ1v) is 19.7. The topological polar surface area (TPSA) is 118 Å². The molecule has 0 radical (unpaired) electrons. The molecule has 9 nitrogen and oxygen atoms in total. The van der Waals surface area contributed by atoms with Gasteiger partial charge in [0.15, 0.2) is 18.9 Å². The largest absolute Gasteiger partial charge is 0.756 e. The lowest BCUT2D eigenvalue weighted by molar-refractivity contribution is -0.698. The molecule has 0 bridgehead atoms. The number of rotatable bonds is 33. The third-order valence-electron chi connectivity index (χ3n) is 8.25. The normalized spacial score (nSPS) is 14.3. The zero-order chi connectivity index (χ0) is 33.7. The van der Waals surface area contributed by atoms with Gasteiger partial charge in [0.2, 0.25) is 0 Å². The number of hydrogen-bond donors (Lipinski definition) is 1. The first-order valence-electron chi connectivity index (χ1n) is 18.2. The summed E-state index contributed by atoms with van der Waals surface area (Å²) < 4.78 is 36.7. The van der Waals surface area contributed by atoms with Crippen molar-refractivity contribution >= 4 is 13.8 Å². The number of ether oxygens (including phenoxy) is 2. The van der Waals surface area contributed by atoms with Crippen LogP contribution in [0.15, 0.2) is 24.5 Å². The van der Waals surface area contributed by atoms with Gasteiger partial charge in [0, 0.05) is 31.3 Å². The van der Waals surface area contributed by atoms with Crippen LogP contribution >= 0.6 is 7.82 Å². The molecule has 3 atom stereocenters. The minimum atomic E-state index is -4.54. The summed E-state index contributed by atoms with van der Waals surface area (Å²) >= 11 is 0. The molecule has 0 aromatic carbocycles. The van der Waals surface area contributed by atoms with E-state index in [1.807, 2.05) is 36.0 Å². The van der Waals surface area contributed by atoms with Gasteiger partial charge in [-0.1, -0.05) is 104 Å². The Labute approximate surface area is 280 Å². The fourth-order valence-corrected chi connectivity index (χ4v) is 6.22. The average molecular weight is 672 g/mol. The Morgan fingerprint density at radius 3 is 2.02 bits per heavy atom. The second-order valence-electron chi connectivity index (χ2n) is 12.8.